The fourth-order valence-corrected chi connectivity index (χ4v) is 2.14. The van der Waals surface area contributed by atoms with Gasteiger partial charge in [-0.3, -0.25) is 0 Å². The van der Waals surface area contributed by atoms with Crippen molar-refractivity contribution in [2.24, 2.45) is 0 Å². The molecule has 0 bridgehead atoms. The molecule has 3 nitrogen and oxygen atoms in total. The van der Waals surface area contributed by atoms with Crippen molar-refractivity contribution >= 4 is 0 Å². The molecule has 106 valence electrons. The van der Waals surface area contributed by atoms with Gasteiger partial charge in [0.2, 0.25) is 5.88 Å². The van der Waals surface area contributed by atoms with E-state index in [-0.39, 0.29) is 12.0 Å². The molecule has 0 amide bonds. The Balaban J connectivity index is 1.97. The first kappa shape index (κ1) is 14.1. The van der Waals surface area contributed by atoms with Crippen LogP contribution in [0.3, 0.4) is 0 Å². The molecule has 0 spiro atoms. The number of likely N-dealkylation sites (tertiary alicyclic amines) is 1. The topological polar surface area (TPSA) is 25.4 Å². The number of piperidine rings is 1. The standard InChI is InChI=1S/C13H17F3N2O/c1-9-7-11(5-6-18(9)2)19-12-4-3-10(8-17-12)13(14,15)16/h3-4,8-9,11H,5-7H2,1-2H3/t9?,11-/m0/s1. The molecular formula is C13H17F3N2O. The number of pyridine rings is 1. The van der Waals surface area contributed by atoms with Gasteiger partial charge in [0.25, 0.3) is 0 Å². The Kier molecular flexibility index (Phi) is 3.99. The van der Waals surface area contributed by atoms with E-state index < -0.39 is 11.7 Å². The summed E-state index contributed by atoms with van der Waals surface area (Å²) >= 11 is 0. The van der Waals surface area contributed by atoms with Crippen molar-refractivity contribution in [1.82, 2.24) is 9.88 Å². The number of hydrogen-bond donors (Lipinski definition) is 0. The summed E-state index contributed by atoms with van der Waals surface area (Å²) in [4.78, 5) is 5.96. The lowest BCUT2D eigenvalue weighted by atomic mass is 10.0. The first-order valence-corrected chi connectivity index (χ1v) is 6.26. The summed E-state index contributed by atoms with van der Waals surface area (Å²) in [6.07, 6.45) is -1.79. The van der Waals surface area contributed by atoms with E-state index in [1.165, 1.54) is 6.07 Å². The fourth-order valence-electron chi connectivity index (χ4n) is 2.14. The molecule has 0 aromatic carbocycles. The van der Waals surface area contributed by atoms with Crippen LogP contribution in [0.25, 0.3) is 0 Å². The molecule has 1 aliphatic rings. The number of aromatic nitrogens is 1. The predicted octanol–water partition coefficient (Wildman–Crippen LogP) is 2.96. The minimum absolute atomic E-state index is 0.0236. The van der Waals surface area contributed by atoms with E-state index in [9.17, 15) is 13.2 Å². The maximum Gasteiger partial charge on any atom is 0.417 e. The summed E-state index contributed by atoms with van der Waals surface area (Å²) in [5.41, 5.74) is -0.753. The molecule has 1 saturated heterocycles. The van der Waals surface area contributed by atoms with Crippen LogP contribution in [0, 0.1) is 0 Å². The van der Waals surface area contributed by atoms with E-state index in [1.54, 1.807) is 0 Å². The third-order valence-electron chi connectivity index (χ3n) is 3.51. The zero-order valence-corrected chi connectivity index (χ0v) is 10.9. The van der Waals surface area contributed by atoms with Crippen molar-refractivity contribution in [2.45, 2.75) is 38.1 Å². The van der Waals surface area contributed by atoms with Gasteiger partial charge in [-0.1, -0.05) is 0 Å². The zero-order chi connectivity index (χ0) is 14.0. The lowest BCUT2D eigenvalue weighted by Crippen LogP contribution is -2.42. The number of hydrogen-bond acceptors (Lipinski definition) is 3. The molecule has 2 atom stereocenters. The molecule has 0 saturated carbocycles. The fraction of sp³-hybridized carbons (Fsp3) is 0.615. The Morgan fingerprint density at radius 2 is 2.11 bits per heavy atom. The quantitative estimate of drug-likeness (QED) is 0.829. The Bertz CT molecular complexity index is 419. The first-order valence-electron chi connectivity index (χ1n) is 6.26. The van der Waals surface area contributed by atoms with Gasteiger partial charge in [-0.05, 0) is 32.9 Å². The third kappa shape index (κ3) is 3.59. The molecule has 1 fully saturated rings. The lowest BCUT2D eigenvalue weighted by molar-refractivity contribution is -0.137. The minimum Gasteiger partial charge on any atom is -0.474 e. The summed E-state index contributed by atoms with van der Waals surface area (Å²) in [5.74, 6) is 0.259. The molecule has 1 aromatic rings. The number of ether oxygens (including phenoxy) is 1. The minimum atomic E-state index is -4.35. The van der Waals surface area contributed by atoms with Crippen molar-refractivity contribution in [3.63, 3.8) is 0 Å². The van der Waals surface area contributed by atoms with E-state index in [0.717, 1.165) is 31.6 Å². The van der Waals surface area contributed by atoms with Crippen LogP contribution in [-0.4, -0.2) is 35.6 Å². The second kappa shape index (κ2) is 5.36. The van der Waals surface area contributed by atoms with Crippen molar-refractivity contribution in [3.05, 3.63) is 23.9 Å². The van der Waals surface area contributed by atoms with E-state index in [2.05, 4.69) is 23.9 Å². The smallest absolute Gasteiger partial charge is 0.417 e. The number of nitrogens with zero attached hydrogens (tertiary/aromatic N) is 2. The van der Waals surface area contributed by atoms with Crippen molar-refractivity contribution in [1.29, 1.82) is 0 Å². The van der Waals surface area contributed by atoms with E-state index >= 15 is 0 Å². The van der Waals surface area contributed by atoms with Gasteiger partial charge in [-0.15, -0.1) is 0 Å². The Hall–Kier alpha value is -1.30. The number of alkyl halides is 3. The molecule has 2 rings (SSSR count). The molecule has 6 heteroatoms. The maximum absolute atomic E-state index is 12.4. The van der Waals surface area contributed by atoms with Gasteiger partial charge in [0, 0.05) is 24.8 Å². The van der Waals surface area contributed by atoms with Crippen LogP contribution >= 0.6 is 0 Å². The Morgan fingerprint density at radius 3 is 2.63 bits per heavy atom. The lowest BCUT2D eigenvalue weighted by Gasteiger charge is -2.34. The Labute approximate surface area is 110 Å². The van der Waals surface area contributed by atoms with Crippen LogP contribution in [0.1, 0.15) is 25.3 Å². The molecule has 1 unspecified atom stereocenters. The van der Waals surface area contributed by atoms with Crippen molar-refractivity contribution < 1.29 is 17.9 Å². The second-order valence-electron chi connectivity index (χ2n) is 4.98. The van der Waals surface area contributed by atoms with Crippen molar-refractivity contribution in [2.75, 3.05) is 13.6 Å². The monoisotopic (exact) mass is 274 g/mol. The molecule has 19 heavy (non-hydrogen) atoms. The average molecular weight is 274 g/mol. The summed E-state index contributed by atoms with van der Waals surface area (Å²) in [6, 6.07) is 2.69. The molecule has 0 aliphatic carbocycles. The van der Waals surface area contributed by atoms with Gasteiger partial charge in [-0.25, -0.2) is 4.98 Å². The number of rotatable bonds is 2. The van der Waals surface area contributed by atoms with Gasteiger partial charge < -0.3 is 9.64 Å². The van der Waals surface area contributed by atoms with Crippen molar-refractivity contribution in [3.8, 4) is 5.88 Å². The average Bonchev–Trinajstić information content (AvgIpc) is 2.33. The van der Waals surface area contributed by atoms with Crippen LogP contribution in [0.2, 0.25) is 0 Å². The number of halogens is 3. The normalized spacial score (nSPS) is 25.3. The first-order chi connectivity index (χ1) is 8.86. The van der Waals surface area contributed by atoms with Gasteiger partial charge in [-0.2, -0.15) is 13.2 Å². The van der Waals surface area contributed by atoms with Crippen LogP contribution in [0.5, 0.6) is 5.88 Å². The Morgan fingerprint density at radius 1 is 1.37 bits per heavy atom. The molecule has 2 heterocycles. The molecule has 0 N–H and O–H groups in total. The SMILES string of the molecule is CC1C[C@@H](Oc2ccc(C(F)(F)F)cn2)CCN1C. The highest BCUT2D eigenvalue weighted by Gasteiger charge is 2.31. The van der Waals surface area contributed by atoms with Crippen LogP contribution in [0.15, 0.2) is 18.3 Å². The summed E-state index contributed by atoms with van der Waals surface area (Å²) < 4.78 is 42.8. The highest BCUT2D eigenvalue weighted by atomic mass is 19.4. The molecule has 1 aromatic heterocycles. The van der Waals surface area contributed by atoms with Gasteiger partial charge >= 0.3 is 6.18 Å². The summed E-state index contributed by atoms with van der Waals surface area (Å²) in [5, 5.41) is 0. The highest BCUT2D eigenvalue weighted by Crippen LogP contribution is 2.29. The van der Waals surface area contributed by atoms with Crippen LogP contribution < -0.4 is 4.74 Å². The molecule has 1 aliphatic heterocycles. The van der Waals surface area contributed by atoms with E-state index in [0.29, 0.717) is 6.04 Å². The maximum atomic E-state index is 12.4. The molecular weight excluding hydrogens is 257 g/mol. The van der Waals surface area contributed by atoms with E-state index in [4.69, 9.17) is 4.74 Å². The highest BCUT2D eigenvalue weighted by molar-refractivity contribution is 5.20. The van der Waals surface area contributed by atoms with Gasteiger partial charge in [0.15, 0.2) is 0 Å². The third-order valence-corrected chi connectivity index (χ3v) is 3.51. The van der Waals surface area contributed by atoms with Gasteiger partial charge in [0.05, 0.1) is 5.56 Å². The molecule has 0 radical (unpaired) electrons. The zero-order valence-electron chi connectivity index (χ0n) is 10.9. The van der Waals surface area contributed by atoms with E-state index in [1.807, 2.05) is 0 Å². The van der Waals surface area contributed by atoms with Gasteiger partial charge in [0.1, 0.15) is 6.10 Å². The largest absolute Gasteiger partial charge is 0.474 e. The summed E-state index contributed by atoms with van der Waals surface area (Å²) in [7, 11) is 2.05. The van der Waals surface area contributed by atoms with Crippen LogP contribution in [0.4, 0.5) is 13.2 Å². The summed E-state index contributed by atoms with van der Waals surface area (Å²) in [6.45, 7) is 3.03. The second-order valence-corrected chi connectivity index (χ2v) is 4.98. The predicted molar refractivity (Wildman–Crippen MR) is 65.0 cm³/mol. The van der Waals surface area contributed by atoms with Crippen LogP contribution in [-0.2, 0) is 6.18 Å².